The van der Waals surface area contributed by atoms with Gasteiger partial charge in [0.15, 0.2) is 0 Å². The normalized spacial score (nSPS) is 29.5. The average Bonchev–Trinajstić information content (AvgIpc) is 3.35. The summed E-state index contributed by atoms with van der Waals surface area (Å²) in [6.45, 7) is 10.1. The minimum Gasteiger partial charge on any atom is -0.403 e. The molecule has 3 fully saturated rings. The molecule has 158 valence electrons. The Labute approximate surface area is 175 Å². The van der Waals surface area contributed by atoms with Crippen LogP contribution in [0.4, 0.5) is 5.69 Å². The second-order valence-electron chi connectivity index (χ2n) is 10.4. The lowest BCUT2D eigenvalue weighted by Crippen LogP contribution is -2.42. The van der Waals surface area contributed by atoms with Crippen molar-refractivity contribution in [3.05, 3.63) is 29.8 Å². The monoisotopic (exact) mass is 398 g/mol. The van der Waals surface area contributed by atoms with E-state index in [2.05, 4.69) is 61.8 Å². The predicted octanol–water partition coefficient (Wildman–Crippen LogP) is 3.77. The number of carbonyl (C=O) groups is 1. The molecule has 1 saturated carbocycles. The molecule has 0 aromatic heterocycles. The number of rotatable bonds is 5. The summed E-state index contributed by atoms with van der Waals surface area (Å²) in [7, 11) is 3.95. The third-order valence-corrected chi connectivity index (χ3v) is 7.70. The third kappa shape index (κ3) is 3.70. The first-order valence-corrected chi connectivity index (χ1v) is 10.9. The maximum absolute atomic E-state index is 12.8. The molecule has 0 spiro atoms. The van der Waals surface area contributed by atoms with Crippen molar-refractivity contribution in [3.8, 4) is 0 Å². The van der Waals surface area contributed by atoms with Gasteiger partial charge >= 0.3 is 7.12 Å². The van der Waals surface area contributed by atoms with Gasteiger partial charge in [0.2, 0.25) is 5.91 Å². The van der Waals surface area contributed by atoms with Crippen LogP contribution in [0, 0.1) is 5.92 Å². The van der Waals surface area contributed by atoms with Crippen molar-refractivity contribution in [1.82, 2.24) is 4.90 Å². The number of carbonyl (C=O) groups excluding carboxylic acids is 1. The van der Waals surface area contributed by atoms with E-state index in [1.165, 1.54) is 11.3 Å². The fourth-order valence-corrected chi connectivity index (χ4v) is 4.76. The molecule has 2 saturated heterocycles. The van der Waals surface area contributed by atoms with Crippen molar-refractivity contribution in [2.45, 2.75) is 69.9 Å². The molecule has 2 unspecified atom stereocenters. The highest BCUT2D eigenvalue weighted by molar-refractivity contribution is 6.51. The van der Waals surface area contributed by atoms with Crippen LogP contribution in [0.2, 0.25) is 5.31 Å². The molecule has 0 bridgehead atoms. The third-order valence-electron chi connectivity index (χ3n) is 7.70. The van der Waals surface area contributed by atoms with Crippen LogP contribution in [0.3, 0.4) is 0 Å². The number of anilines is 1. The van der Waals surface area contributed by atoms with Crippen molar-refractivity contribution in [2.24, 2.45) is 5.92 Å². The molecule has 3 aliphatic rings. The first-order valence-electron chi connectivity index (χ1n) is 10.9. The summed E-state index contributed by atoms with van der Waals surface area (Å²) in [5.74, 6) is 0.779. The zero-order chi connectivity index (χ0) is 21.0. The van der Waals surface area contributed by atoms with Gasteiger partial charge in [-0.25, -0.2) is 0 Å². The number of likely N-dealkylation sites (tertiary alicyclic amines) is 1. The van der Waals surface area contributed by atoms with Gasteiger partial charge in [-0.3, -0.25) is 4.79 Å². The zero-order valence-corrected chi connectivity index (χ0v) is 18.8. The fourth-order valence-electron chi connectivity index (χ4n) is 4.76. The molecule has 0 N–H and O–H groups in total. The number of nitrogens with zero attached hydrogens (tertiary/aromatic N) is 2. The van der Waals surface area contributed by atoms with Crippen LogP contribution in [0.15, 0.2) is 24.3 Å². The van der Waals surface area contributed by atoms with Crippen molar-refractivity contribution in [1.29, 1.82) is 0 Å². The van der Waals surface area contributed by atoms with Crippen LogP contribution in [-0.4, -0.2) is 56.3 Å². The van der Waals surface area contributed by atoms with Gasteiger partial charge in [0.05, 0.1) is 11.2 Å². The molecule has 0 radical (unpaired) electrons. The number of amides is 1. The lowest BCUT2D eigenvalue weighted by Gasteiger charge is -2.32. The number of benzene rings is 1. The highest BCUT2D eigenvalue weighted by Crippen LogP contribution is 2.69. The van der Waals surface area contributed by atoms with E-state index < -0.39 is 0 Å². The number of fused-ring (bicyclic) bond motifs is 1. The molecule has 2 aliphatic heterocycles. The predicted molar refractivity (Wildman–Crippen MR) is 117 cm³/mol. The van der Waals surface area contributed by atoms with Gasteiger partial charge in [0, 0.05) is 44.6 Å². The van der Waals surface area contributed by atoms with E-state index >= 15 is 0 Å². The highest BCUT2D eigenvalue weighted by atomic mass is 16.7. The molecule has 1 aliphatic carbocycles. The van der Waals surface area contributed by atoms with E-state index in [1.807, 2.05) is 14.1 Å². The Morgan fingerprint density at radius 3 is 2.52 bits per heavy atom. The summed E-state index contributed by atoms with van der Waals surface area (Å²) in [5.41, 5.74) is 1.83. The Morgan fingerprint density at radius 2 is 1.90 bits per heavy atom. The quantitative estimate of drug-likeness (QED) is 0.709. The first kappa shape index (κ1) is 20.7. The largest absolute Gasteiger partial charge is 0.464 e. The van der Waals surface area contributed by atoms with Gasteiger partial charge in [-0.1, -0.05) is 12.1 Å². The van der Waals surface area contributed by atoms with E-state index in [9.17, 15) is 4.79 Å². The summed E-state index contributed by atoms with van der Waals surface area (Å²) in [6.07, 6.45) is 3.46. The lowest BCUT2D eigenvalue weighted by atomic mass is 9.63. The number of aryl methyl sites for hydroxylation is 1. The van der Waals surface area contributed by atoms with E-state index in [0.717, 1.165) is 32.4 Å². The van der Waals surface area contributed by atoms with Crippen LogP contribution in [-0.2, 0) is 20.5 Å². The van der Waals surface area contributed by atoms with Gasteiger partial charge in [-0.15, -0.1) is 0 Å². The molecule has 1 aromatic carbocycles. The number of piperidine rings is 1. The molecule has 6 heteroatoms. The molecule has 2 atom stereocenters. The number of hydrogen-bond acceptors (Lipinski definition) is 4. The Morgan fingerprint density at radius 1 is 1.21 bits per heavy atom. The van der Waals surface area contributed by atoms with Gasteiger partial charge in [0.25, 0.3) is 0 Å². The molecule has 1 aromatic rings. The Hall–Kier alpha value is -1.53. The summed E-state index contributed by atoms with van der Waals surface area (Å²) < 4.78 is 12.7. The standard InChI is InChI=1S/C23H35BN2O3/c1-21(2)22(3,4)29-24(28-21)23-12-13-26(16-18(23)15-23)20(27)11-10-17-8-7-9-19(14-17)25(5)6/h7-9,14,18H,10-13,15-16H2,1-6H3. The lowest BCUT2D eigenvalue weighted by molar-refractivity contribution is -0.132. The zero-order valence-electron chi connectivity index (χ0n) is 18.8. The van der Waals surface area contributed by atoms with Crippen LogP contribution in [0.25, 0.3) is 0 Å². The summed E-state index contributed by atoms with van der Waals surface area (Å²) in [5, 5.41) is 0.113. The minimum absolute atomic E-state index is 0.113. The topological polar surface area (TPSA) is 42.0 Å². The van der Waals surface area contributed by atoms with E-state index in [-0.39, 0.29) is 29.5 Å². The van der Waals surface area contributed by atoms with E-state index in [0.29, 0.717) is 12.3 Å². The van der Waals surface area contributed by atoms with Crippen LogP contribution < -0.4 is 4.90 Å². The average molecular weight is 398 g/mol. The Balaban J connectivity index is 1.31. The molecule has 2 heterocycles. The molecular weight excluding hydrogens is 363 g/mol. The van der Waals surface area contributed by atoms with Crippen molar-refractivity contribution in [2.75, 3.05) is 32.1 Å². The summed E-state index contributed by atoms with van der Waals surface area (Å²) >= 11 is 0. The van der Waals surface area contributed by atoms with Gasteiger partial charge in [0.1, 0.15) is 0 Å². The second-order valence-corrected chi connectivity index (χ2v) is 10.4. The van der Waals surface area contributed by atoms with Crippen molar-refractivity contribution >= 4 is 18.7 Å². The molecule has 5 nitrogen and oxygen atoms in total. The number of hydrogen-bond donors (Lipinski definition) is 0. The Kier molecular flexibility index (Phi) is 5.02. The molecule has 29 heavy (non-hydrogen) atoms. The summed E-state index contributed by atoms with van der Waals surface area (Å²) in [6, 6.07) is 8.45. The maximum Gasteiger partial charge on any atom is 0.464 e. The van der Waals surface area contributed by atoms with Crippen LogP contribution in [0.5, 0.6) is 0 Å². The summed E-state index contributed by atoms with van der Waals surface area (Å²) in [4.78, 5) is 17.0. The van der Waals surface area contributed by atoms with Crippen molar-refractivity contribution < 1.29 is 14.1 Å². The van der Waals surface area contributed by atoms with Gasteiger partial charge < -0.3 is 19.1 Å². The first-order chi connectivity index (χ1) is 13.5. The van der Waals surface area contributed by atoms with Crippen molar-refractivity contribution in [3.63, 3.8) is 0 Å². The fraction of sp³-hybridized carbons (Fsp3) is 0.696. The smallest absolute Gasteiger partial charge is 0.403 e. The highest BCUT2D eigenvalue weighted by Gasteiger charge is 2.70. The second kappa shape index (κ2) is 7.02. The van der Waals surface area contributed by atoms with E-state index in [1.54, 1.807) is 0 Å². The van der Waals surface area contributed by atoms with Gasteiger partial charge in [-0.05, 0) is 70.6 Å². The molecular formula is C23H35BN2O3. The maximum atomic E-state index is 12.8. The van der Waals surface area contributed by atoms with Crippen LogP contribution in [0.1, 0.15) is 52.5 Å². The molecule has 4 rings (SSSR count). The van der Waals surface area contributed by atoms with E-state index in [4.69, 9.17) is 9.31 Å². The molecule has 1 amide bonds. The Bertz CT molecular complexity index is 778. The SMILES string of the molecule is CN(C)c1cccc(CCC(=O)N2CCC3(B4OC(C)(C)C(C)(C)O4)CC3C2)c1. The minimum atomic E-state index is -0.284. The van der Waals surface area contributed by atoms with Crippen LogP contribution >= 0.6 is 0 Å². The van der Waals surface area contributed by atoms with Gasteiger partial charge in [-0.2, -0.15) is 0 Å².